The van der Waals surface area contributed by atoms with Gasteiger partial charge in [-0.15, -0.1) is 0 Å². The second-order valence-electron chi connectivity index (χ2n) is 4.05. The minimum atomic E-state index is 0.313. The van der Waals surface area contributed by atoms with Crippen LogP contribution in [0.5, 0.6) is 0 Å². The maximum absolute atomic E-state index is 4.37. The summed E-state index contributed by atoms with van der Waals surface area (Å²) in [6.07, 6.45) is 4.73. The van der Waals surface area contributed by atoms with Crippen molar-refractivity contribution in [1.82, 2.24) is 14.9 Å². The van der Waals surface area contributed by atoms with E-state index in [1.165, 1.54) is 9.13 Å². The maximum atomic E-state index is 4.37. The molecule has 0 amide bonds. The number of rotatable bonds is 4. The second-order valence-corrected chi connectivity index (χ2v) is 5.30. The van der Waals surface area contributed by atoms with Crippen LogP contribution in [-0.2, 0) is 13.5 Å². The van der Waals surface area contributed by atoms with Crippen LogP contribution in [0.1, 0.15) is 17.4 Å². The topological polar surface area (TPSA) is 29.9 Å². The van der Waals surface area contributed by atoms with Crippen LogP contribution in [0.25, 0.3) is 0 Å². The standard InChI is InChI=1S/C13H16IN3/c1-15-12(9-13-16-7-8-17(13)2)10-3-5-11(14)6-4-10/h3-8,12,15H,9H2,1-2H3. The molecule has 2 aromatic rings. The van der Waals surface area contributed by atoms with Gasteiger partial charge in [-0.05, 0) is 47.3 Å². The van der Waals surface area contributed by atoms with Gasteiger partial charge in [0.05, 0.1) is 0 Å². The van der Waals surface area contributed by atoms with Crippen LogP contribution in [0.15, 0.2) is 36.7 Å². The molecule has 1 atom stereocenters. The fraction of sp³-hybridized carbons (Fsp3) is 0.308. The molecule has 1 heterocycles. The van der Waals surface area contributed by atoms with E-state index in [1.54, 1.807) is 0 Å². The van der Waals surface area contributed by atoms with Gasteiger partial charge in [-0.3, -0.25) is 0 Å². The third kappa shape index (κ3) is 3.07. The van der Waals surface area contributed by atoms with Gasteiger partial charge in [0.15, 0.2) is 0 Å². The van der Waals surface area contributed by atoms with Crippen LogP contribution in [0.4, 0.5) is 0 Å². The minimum absolute atomic E-state index is 0.313. The van der Waals surface area contributed by atoms with Crippen LogP contribution >= 0.6 is 22.6 Å². The normalized spacial score (nSPS) is 12.6. The van der Waals surface area contributed by atoms with Crippen molar-refractivity contribution >= 4 is 22.6 Å². The molecule has 1 aromatic carbocycles. The average molecular weight is 341 g/mol. The molecular weight excluding hydrogens is 325 g/mol. The van der Waals surface area contributed by atoms with E-state index in [1.807, 2.05) is 26.5 Å². The summed E-state index contributed by atoms with van der Waals surface area (Å²) in [5, 5.41) is 3.35. The summed E-state index contributed by atoms with van der Waals surface area (Å²) in [6.45, 7) is 0. The highest BCUT2D eigenvalue weighted by Gasteiger charge is 2.12. The zero-order chi connectivity index (χ0) is 12.3. The van der Waals surface area contributed by atoms with Gasteiger partial charge >= 0.3 is 0 Å². The summed E-state index contributed by atoms with van der Waals surface area (Å²) in [5.41, 5.74) is 1.30. The molecule has 0 aliphatic rings. The molecule has 1 aromatic heterocycles. The van der Waals surface area contributed by atoms with Crippen LogP contribution in [-0.4, -0.2) is 16.6 Å². The predicted octanol–water partition coefficient (Wildman–Crippen LogP) is 2.53. The Labute approximate surface area is 115 Å². The number of benzene rings is 1. The molecule has 1 unspecified atom stereocenters. The monoisotopic (exact) mass is 341 g/mol. The minimum Gasteiger partial charge on any atom is -0.338 e. The number of imidazole rings is 1. The number of nitrogens with one attached hydrogen (secondary N) is 1. The number of likely N-dealkylation sites (N-methyl/N-ethyl adjacent to an activating group) is 1. The van der Waals surface area contributed by atoms with Crippen molar-refractivity contribution in [3.05, 3.63) is 51.6 Å². The van der Waals surface area contributed by atoms with Crippen molar-refractivity contribution < 1.29 is 0 Å². The smallest absolute Gasteiger partial charge is 0.110 e. The van der Waals surface area contributed by atoms with Gasteiger partial charge in [-0.2, -0.15) is 0 Å². The summed E-state index contributed by atoms with van der Waals surface area (Å²) in [4.78, 5) is 4.37. The number of hydrogen-bond donors (Lipinski definition) is 1. The molecule has 0 saturated heterocycles. The van der Waals surface area contributed by atoms with Gasteiger partial charge < -0.3 is 9.88 Å². The van der Waals surface area contributed by atoms with E-state index < -0.39 is 0 Å². The molecule has 0 saturated carbocycles. The molecule has 0 spiro atoms. The van der Waals surface area contributed by atoms with E-state index in [9.17, 15) is 0 Å². The molecule has 0 aliphatic carbocycles. The van der Waals surface area contributed by atoms with Gasteiger partial charge in [-0.1, -0.05) is 12.1 Å². The molecule has 2 rings (SSSR count). The summed E-state index contributed by atoms with van der Waals surface area (Å²) in [5.74, 6) is 1.10. The van der Waals surface area contributed by atoms with Crippen LogP contribution in [0.3, 0.4) is 0 Å². The highest BCUT2D eigenvalue weighted by Crippen LogP contribution is 2.18. The molecule has 3 nitrogen and oxygen atoms in total. The first kappa shape index (κ1) is 12.6. The predicted molar refractivity (Wildman–Crippen MR) is 77.9 cm³/mol. The first-order valence-electron chi connectivity index (χ1n) is 5.59. The SMILES string of the molecule is CNC(Cc1nccn1C)c1ccc(I)cc1. The Hall–Kier alpha value is -0.880. The highest BCUT2D eigenvalue weighted by molar-refractivity contribution is 14.1. The van der Waals surface area contributed by atoms with Crippen molar-refractivity contribution in [3.63, 3.8) is 0 Å². The Morgan fingerprint density at radius 1 is 1.35 bits per heavy atom. The van der Waals surface area contributed by atoms with E-state index in [4.69, 9.17) is 0 Å². The molecule has 4 heteroatoms. The highest BCUT2D eigenvalue weighted by atomic mass is 127. The largest absolute Gasteiger partial charge is 0.338 e. The zero-order valence-corrected chi connectivity index (χ0v) is 12.2. The Kier molecular flexibility index (Phi) is 4.17. The van der Waals surface area contributed by atoms with Crippen LogP contribution < -0.4 is 5.32 Å². The molecule has 0 aliphatic heterocycles. The zero-order valence-electron chi connectivity index (χ0n) is 10.0. The van der Waals surface area contributed by atoms with Crippen molar-refractivity contribution in [3.8, 4) is 0 Å². The number of aromatic nitrogens is 2. The number of aryl methyl sites for hydroxylation is 1. The number of hydrogen-bond acceptors (Lipinski definition) is 2. The Morgan fingerprint density at radius 3 is 2.59 bits per heavy atom. The second kappa shape index (κ2) is 5.64. The molecule has 90 valence electrons. The lowest BCUT2D eigenvalue weighted by atomic mass is 10.0. The van der Waals surface area contributed by atoms with Gasteiger partial charge in [0.2, 0.25) is 0 Å². The first-order chi connectivity index (χ1) is 8.20. The van der Waals surface area contributed by atoms with Crippen molar-refractivity contribution in [2.45, 2.75) is 12.5 Å². The molecular formula is C13H16IN3. The summed E-state index contributed by atoms with van der Waals surface area (Å²) >= 11 is 2.32. The lowest BCUT2D eigenvalue weighted by Crippen LogP contribution is -2.20. The van der Waals surface area contributed by atoms with E-state index in [2.05, 4.69) is 61.7 Å². The maximum Gasteiger partial charge on any atom is 0.110 e. The van der Waals surface area contributed by atoms with E-state index >= 15 is 0 Å². The Bertz CT molecular complexity index is 476. The van der Waals surface area contributed by atoms with Crippen molar-refractivity contribution in [1.29, 1.82) is 0 Å². The molecule has 0 radical (unpaired) electrons. The lowest BCUT2D eigenvalue weighted by molar-refractivity contribution is 0.563. The van der Waals surface area contributed by atoms with E-state index in [-0.39, 0.29) is 0 Å². The van der Waals surface area contributed by atoms with Gasteiger partial charge in [0, 0.05) is 35.5 Å². The summed E-state index contributed by atoms with van der Waals surface area (Å²) in [6, 6.07) is 8.93. The average Bonchev–Trinajstić information content (AvgIpc) is 2.73. The fourth-order valence-corrected chi connectivity index (χ4v) is 2.22. The third-order valence-corrected chi connectivity index (χ3v) is 3.65. The Balaban J connectivity index is 2.17. The summed E-state index contributed by atoms with van der Waals surface area (Å²) in [7, 11) is 4.02. The molecule has 17 heavy (non-hydrogen) atoms. The van der Waals surface area contributed by atoms with Crippen LogP contribution in [0.2, 0.25) is 0 Å². The van der Waals surface area contributed by atoms with E-state index in [0.717, 1.165) is 12.2 Å². The van der Waals surface area contributed by atoms with Gasteiger partial charge in [0.25, 0.3) is 0 Å². The molecule has 0 bridgehead atoms. The fourth-order valence-electron chi connectivity index (χ4n) is 1.86. The van der Waals surface area contributed by atoms with Crippen molar-refractivity contribution in [2.24, 2.45) is 7.05 Å². The molecule has 1 N–H and O–H groups in total. The number of halogens is 1. The Morgan fingerprint density at radius 2 is 2.06 bits per heavy atom. The van der Waals surface area contributed by atoms with Crippen molar-refractivity contribution in [2.75, 3.05) is 7.05 Å². The lowest BCUT2D eigenvalue weighted by Gasteiger charge is -2.16. The van der Waals surface area contributed by atoms with E-state index in [0.29, 0.717) is 6.04 Å². The van der Waals surface area contributed by atoms with Gasteiger partial charge in [-0.25, -0.2) is 4.98 Å². The quantitative estimate of drug-likeness (QED) is 0.867. The van der Waals surface area contributed by atoms with Crippen LogP contribution in [0, 0.1) is 3.57 Å². The first-order valence-corrected chi connectivity index (χ1v) is 6.67. The number of nitrogens with zero attached hydrogens (tertiary/aromatic N) is 2. The van der Waals surface area contributed by atoms with Gasteiger partial charge in [0.1, 0.15) is 5.82 Å². The third-order valence-electron chi connectivity index (χ3n) is 2.93. The summed E-state index contributed by atoms with van der Waals surface area (Å²) < 4.78 is 3.33. The molecule has 0 fully saturated rings.